The number of rotatable bonds is 8. The predicted molar refractivity (Wildman–Crippen MR) is 120 cm³/mol. The van der Waals surface area contributed by atoms with Crippen LogP contribution in [-0.2, 0) is 11.3 Å². The second-order valence-electron chi connectivity index (χ2n) is 6.67. The number of aromatic nitrogens is 3. The molecule has 0 aliphatic rings. The topological polar surface area (TPSA) is 81.4 Å². The highest BCUT2D eigenvalue weighted by Gasteiger charge is 2.14. The number of benzene rings is 2. The summed E-state index contributed by atoms with van der Waals surface area (Å²) < 4.78 is 7.16. The number of nitrogens with zero attached hydrogens (tertiary/aromatic N) is 4. The summed E-state index contributed by atoms with van der Waals surface area (Å²) in [6.45, 7) is 6.65. The van der Waals surface area contributed by atoms with Gasteiger partial charge in [0.1, 0.15) is 5.75 Å². The van der Waals surface area contributed by atoms with Crippen molar-refractivity contribution in [3.8, 4) is 17.1 Å². The highest BCUT2D eigenvalue weighted by molar-refractivity contribution is 7.99. The second-order valence-corrected chi connectivity index (χ2v) is 7.61. The highest BCUT2D eigenvalue weighted by atomic mass is 32.2. The van der Waals surface area contributed by atoms with E-state index in [1.165, 1.54) is 17.3 Å². The smallest absolute Gasteiger partial charge is 0.250 e. The number of carbonyl (C=O) groups is 1. The van der Waals surface area contributed by atoms with Crippen LogP contribution in [0, 0.1) is 6.92 Å². The van der Waals surface area contributed by atoms with Gasteiger partial charge in [-0.05, 0) is 50.6 Å². The van der Waals surface area contributed by atoms with Gasteiger partial charge < -0.3 is 9.30 Å². The van der Waals surface area contributed by atoms with Crippen LogP contribution in [0.15, 0.2) is 58.8 Å². The average Bonchev–Trinajstić information content (AvgIpc) is 3.19. The van der Waals surface area contributed by atoms with Gasteiger partial charge in [-0.15, -0.1) is 10.2 Å². The Balaban J connectivity index is 1.61. The van der Waals surface area contributed by atoms with Gasteiger partial charge in [-0.3, -0.25) is 4.79 Å². The molecule has 1 aromatic heterocycles. The average molecular weight is 424 g/mol. The minimum atomic E-state index is -0.199. The molecule has 3 rings (SSSR count). The van der Waals surface area contributed by atoms with Gasteiger partial charge in [0.05, 0.1) is 18.6 Å². The third kappa shape index (κ3) is 5.27. The molecule has 1 amide bonds. The lowest BCUT2D eigenvalue weighted by Gasteiger charge is -2.07. The van der Waals surface area contributed by atoms with Crippen molar-refractivity contribution < 1.29 is 9.53 Å². The van der Waals surface area contributed by atoms with E-state index < -0.39 is 0 Å². The van der Waals surface area contributed by atoms with Crippen LogP contribution in [0.25, 0.3) is 11.4 Å². The Kier molecular flexibility index (Phi) is 7.24. The van der Waals surface area contributed by atoms with Gasteiger partial charge in [-0.1, -0.05) is 41.6 Å². The van der Waals surface area contributed by atoms with Crippen molar-refractivity contribution >= 4 is 23.4 Å². The van der Waals surface area contributed by atoms with Crippen molar-refractivity contribution in [2.45, 2.75) is 32.5 Å². The van der Waals surface area contributed by atoms with Gasteiger partial charge in [0.25, 0.3) is 5.91 Å². The molecular formula is C22H25N5O2S. The summed E-state index contributed by atoms with van der Waals surface area (Å²) in [5.41, 5.74) is 6.43. The number of amides is 1. The Labute approximate surface area is 180 Å². The van der Waals surface area contributed by atoms with Gasteiger partial charge in [0.15, 0.2) is 11.0 Å². The molecule has 0 unspecified atom stereocenters. The first-order valence-corrected chi connectivity index (χ1v) is 10.6. The van der Waals surface area contributed by atoms with E-state index in [-0.39, 0.29) is 11.7 Å². The van der Waals surface area contributed by atoms with E-state index in [0.29, 0.717) is 5.16 Å². The number of hydrogen-bond donors (Lipinski definition) is 1. The first kappa shape index (κ1) is 21.6. The van der Waals surface area contributed by atoms with Gasteiger partial charge >= 0.3 is 0 Å². The van der Waals surface area contributed by atoms with Crippen LogP contribution in [0.4, 0.5) is 0 Å². The number of ether oxygens (including phenoxy) is 1. The van der Waals surface area contributed by atoms with Crippen molar-refractivity contribution in [1.82, 2.24) is 20.2 Å². The maximum absolute atomic E-state index is 12.2. The molecule has 1 heterocycles. The lowest BCUT2D eigenvalue weighted by molar-refractivity contribution is -0.118. The van der Waals surface area contributed by atoms with E-state index in [9.17, 15) is 4.79 Å². The number of carbonyl (C=O) groups excluding carboxylic acids is 1. The predicted octanol–water partition coefficient (Wildman–Crippen LogP) is 3.91. The molecular weight excluding hydrogens is 398 g/mol. The third-order valence-electron chi connectivity index (χ3n) is 4.53. The Morgan fingerprint density at radius 1 is 1.13 bits per heavy atom. The zero-order valence-electron chi connectivity index (χ0n) is 17.5. The Hall–Kier alpha value is -3.13. The van der Waals surface area contributed by atoms with Gasteiger partial charge in [-0.2, -0.15) is 5.10 Å². The number of methoxy groups -OCH3 is 1. The van der Waals surface area contributed by atoms with Crippen LogP contribution in [0.5, 0.6) is 5.75 Å². The number of hydrazone groups is 1. The third-order valence-corrected chi connectivity index (χ3v) is 5.50. The van der Waals surface area contributed by atoms with E-state index in [0.717, 1.165) is 35.0 Å². The molecule has 0 aliphatic carbocycles. The van der Waals surface area contributed by atoms with Crippen LogP contribution >= 0.6 is 11.8 Å². The van der Waals surface area contributed by atoms with Crippen LogP contribution < -0.4 is 10.2 Å². The molecule has 2 aromatic carbocycles. The fourth-order valence-corrected chi connectivity index (χ4v) is 3.60. The quantitative estimate of drug-likeness (QED) is 0.337. The zero-order chi connectivity index (χ0) is 21.5. The normalized spacial score (nSPS) is 11.4. The molecule has 8 heteroatoms. The summed E-state index contributed by atoms with van der Waals surface area (Å²) in [7, 11) is 1.62. The van der Waals surface area contributed by atoms with Gasteiger partial charge in [0, 0.05) is 12.1 Å². The number of aryl methyl sites for hydroxylation is 1. The Morgan fingerprint density at radius 3 is 2.47 bits per heavy atom. The number of hydrogen-bond acceptors (Lipinski definition) is 6. The molecule has 30 heavy (non-hydrogen) atoms. The maximum Gasteiger partial charge on any atom is 0.250 e. The number of nitrogens with one attached hydrogen (secondary N) is 1. The van der Waals surface area contributed by atoms with Crippen molar-refractivity contribution in [2.75, 3.05) is 12.9 Å². The van der Waals surface area contributed by atoms with Crippen molar-refractivity contribution in [1.29, 1.82) is 0 Å². The molecule has 0 atom stereocenters. The standard InChI is InChI=1S/C22H25N5O2S/c1-5-27-21(18-8-6-15(2)7-9-18)25-26-22(27)30-14-20(28)24-23-16(3)17-10-12-19(29-4)13-11-17/h6-13H,5,14H2,1-4H3,(H,24,28)/b23-16+. The molecule has 0 saturated heterocycles. The van der Waals surface area contributed by atoms with Crippen molar-refractivity contribution in [3.05, 3.63) is 59.7 Å². The lowest BCUT2D eigenvalue weighted by atomic mass is 10.1. The van der Waals surface area contributed by atoms with Crippen molar-refractivity contribution in [2.24, 2.45) is 5.10 Å². The van der Waals surface area contributed by atoms with Crippen LogP contribution in [0.3, 0.4) is 0 Å². The molecule has 3 aromatic rings. The molecule has 1 N–H and O–H groups in total. The summed E-state index contributed by atoms with van der Waals surface area (Å²) >= 11 is 1.34. The van der Waals surface area contributed by atoms with Crippen LogP contribution in [-0.4, -0.2) is 39.2 Å². The zero-order valence-corrected chi connectivity index (χ0v) is 18.4. The summed E-state index contributed by atoms with van der Waals surface area (Å²) in [6.07, 6.45) is 0. The Bertz CT molecular complexity index is 1030. The van der Waals surface area contributed by atoms with E-state index in [4.69, 9.17) is 4.74 Å². The first-order chi connectivity index (χ1) is 14.5. The molecule has 0 radical (unpaired) electrons. The van der Waals surface area contributed by atoms with E-state index in [2.05, 4.69) is 20.7 Å². The van der Waals surface area contributed by atoms with E-state index >= 15 is 0 Å². The second kappa shape index (κ2) is 10.1. The fraction of sp³-hybridized carbons (Fsp3) is 0.273. The molecule has 7 nitrogen and oxygen atoms in total. The summed E-state index contributed by atoms with van der Waals surface area (Å²) in [5.74, 6) is 1.58. The van der Waals surface area contributed by atoms with Crippen LogP contribution in [0.1, 0.15) is 25.0 Å². The van der Waals surface area contributed by atoms with E-state index in [1.807, 2.05) is 73.9 Å². The van der Waals surface area contributed by atoms with Crippen LogP contribution in [0.2, 0.25) is 0 Å². The van der Waals surface area contributed by atoms with Crippen molar-refractivity contribution in [3.63, 3.8) is 0 Å². The monoisotopic (exact) mass is 423 g/mol. The van der Waals surface area contributed by atoms with Gasteiger partial charge in [-0.25, -0.2) is 5.43 Å². The number of thioether (sulfide) groups is 1. The lowest BCUT2D eigenvalue weighted by Crippen LogP contribution is -2.21. The minimum absolute atomic E-state index is 0.199. The maximum atomic E-state index is 12.2. The highest BCUT2D eigenvalue weighted by Crippen LogP contribution is 2.24. The molecule has 0 aliphatic heterocycles. The summed E-state index contributed by atoms with van der Waals surface area (Å²) in [6, 6.07) is 15.7. The first-order valence-electron chi connectivity index (χ1n) is 9.62. The molecule has 0 saturated carbocycles. The van der Waals surface area contributed by atoms with Gasteiger partial charge in [0.2, 0.25) is 0 Å². The Morgan fingerprint density at radius 2 is 1.83 bits per heavy atom. The summed E-state index contributed by atoms with van der Waals surface area (Å²) in [5, 5.41) is 13.5. The SMILES string of the molecule is CCn1c(SCC(=O)N/N=C(\C)c2ccc(OC)cc2)nnc1-c1ccc(C)cc1. The fourth-order valence-electron chi connectivity index (χ4n) is 2.80. The minimum Gasteiger partial charge on any atom is -0.497 e. The molecule has 0 fully saturated rings. The largest absolute Gasteiger partial charge is 0.497 e. The summed E-state index contributed by atoms with van der Waals surface area (Å²) in [4.78, 5) is 12.2. The van der Waals surface area contributed by atoms with E-state index in [1.54, 1.807) is 7.11 Å². The molecule has 156 valence electrons. The molecule has 0 bridgehead atoms. The molecule has 0 spiro atoms.